The first kappa shape index (κ1) is 26.4. The molecule has 1 aromatic carbocycles. The predicted octanol–water partition coefficient (Wildman–Crippen LogP) is 5.33. The van der Waals surface area contributed by atoms with E-state index >= 15 is 0 Å². The topological polar surface area (TPSA) is 91.4 Å². The molecule has 2 saturated heterocycles. The third-order valence-corrected chi connectivity index (χ3v) is 7.29. The van der Waals surface area contributed by atoms with Crippen LogP contribution in [-0.2, 0) is 0 Å². The zero-order valence-corrected chi connectivity index (χ0v) is 22.4. The minimum atomic E-state index is -2.65. The lowest BCUT2D eigenvalue weighted by atomic mass is 10.1. The van der Waals surface area contributed by atoms with Crippen LogP contribution in [0.25, 0.3) is 10.9 Å². The van der Waals surface area contributed by atoms with Crippen molar-refractivity contribution in [2.45, 2.75) is 57.8 Å². The van der Waals surface area contributed by atoms with Crippen LogP contribution in [0.1, 0.15) is 57.6 Å². The van der Waals surface area contributed by atoms with Crippen LogP contribution in [0.15, 0.2) is 18.2 Å². The second-order valence-corrected chi connectivity index (χ2v) is 10.5. The molecule has 0 atom stereocenters. The highest BCUT2D eigenvalue weighted by Gasteiger charge is 2.35. The Bertz CT molecular complexity index is 1230. The Balaban J connectivity index is 1.44. The maximum Gasteiger partial charge on any atom is 0.251 e. The maximum atomic E-state index is 13.8. The van der Waals surface area contributed by atoms with Crippen LogP contribution in [0.4, 0.5) is 26.4 Å². The number of anilines is 3. The summed E-state index contributed by atoms with van der Waals surface area (Å²) in [6, 6.07) is 5.65. The van der Waals surface area contributed by atoms with E-state index in [1.165, 1.54) is 12.8 Å². The van der Waals surface area contributed by atoms with Crippen molar-refractivity contribution in [1.29, 1.82) is 0 Å². The number of hydrogen-bond acceptors (Lipinski definition) is 8. The number of methoxy groups -OCH3 is 1. The molecule has 0 aliphatic carbocycles. The van der Waals surface area contributed by atoms with Crippen molar-refractivity contribution < 1.29 is 18.3 Å². The number of piperidine rings is 1. The highest BCUT2D eigenvalue weighted by atomic mass is 19.3. The van der Waals surface area contributed by atoms with Crippen LogP contribution in [0.5, 0.6) is 11.5 Å². The number of halogens is 2. The molecule has 0 bridgehead atoms. The Kier molecular flexibility index (Phi) is 7.83. The molecule has 9 nitrogen and oxygen atoms in total. The molecule has 2 aromatic heterocycles. The number of likely N-dealkylation sites (tertiary alicyclic amines) is 1. The van der Waals surface area contributed by atoms with E-state index in [2.05, 4.69) is 34.3 Å². The Hall–Kier alpha value is -3.21. The minimum absolute atomic E-state index is 0.188. The molecule has 3 aromatic rings. The van der Waals surface area contributed by atoms with Crippen molar-refractivity contribution >= 4 is 28.5 Å². The summed E-state index contributed by atoms with van der Waals surface area (Å²) < 4.78 is 39.5. The average molecular weight is 530 g/mol. The van der Waals surface area contributed by atoms with Crippen LogP contribution in [0.3, 0.4) is 0 Å². The molecular formula is C27H37F2N7O2. The number of rotatable bonds is 10. The summed E-state index contributed by atoms with van der Waals surface area (Å²) in [5, 5.41) is 11.4. The molecule has 11 heteroatoms. The van der Waals surface area contributed by atoms with Gasteiger partial charge in [-0.15, -0.1) is 0 Å². The van der Waals surface area contributed by atoms with Gasteiger partial charge in [-0.05, 0) is 44.3 Å². The summed E-state index contributed by atoms with van der Waals surface area (Å²) in [5.74, 6) is 0.371. The fourth-order valence-electron chi connectivity index (χ4n) is 4.96. The number of aromatic amines is 1. The number of hydrogen-bond donors (Lipinski definition) is 2. The standard InChI is InChI=1S/C27H37F2N7O2/c1-18(2)20-17-24(34-33-20)31-25-19-15-22(37-3)23(38-14-6-11-35-9-4-5-10-35)16-21(19)30-26(32-25)36-12-7-27(28,29)8-13-36/h15-18H,4-14H2,1-3H3,(H2,30,31,32,33,34). The number of nitrogens with zero attached hydrogens (tertiary/aromatic N) is 5. The van der Waals surface area contributed by atoms with Crippen molar-refractivity contribution in [2.75, 3.05) is 56.7 Å². The van der Waals surface area contributed by atoms with Crippen molar-refractivity contribution in [1.82, 2.24) is 25.1 Å². The van der Waals surface area contributed by atoms with Gasteiger partial charge in [0.2, 0.25) is 5.95 Å². The molecule has 0 radical (unpaired) electrons. The lowest BCUT2D eigenvalue weighted by Crippen LogP contribution is -2.40. The molecule has 206 valence electrons. The number of nitrogens with one attached hydrogen (secondary N) is 2. The van der Waals surface area contributed by atoms with Gasteiger partial charge in [0, 0.05) is 55.7 Å². The maximum absolute atomic E-state index is 13.8. The average Bonchev–Trinajstić information content (AvgIpc) is 3.58. The van der Waals surface area contributed by atoms with Gasteiger partial charge in [0.25, 0.3) is 5.92 Å². The van der Waals surface area contributed by atoms with Gasteiger partial charge in [-0.2, -0.15) is 10.1 Å². The molecule has 0 amide bonds. The fourth-order valence-corrected chi connectivity index (χ4v) is 4.96. The summed E-state index contributed by atoms with van der Waals surface area (Å²) in [6.45, 7) is 8.43. The van der Waals surface area contributed by atoms with Crippen molar-refractivity contribution in [2.24, 2.45) is 0 Å². The van der Waals surface area contributed by atoms with Gasteiger partial charge in [0.1, 0.15) is 5.82 Å². The summed E-state index contributed by atoms with van der Waals surface area (Å²) in [5.41, 5.74) is 1.64. The van der Waals surface area contributed by atoms with Crippen LogP contribution in [0, 0.1) is 0 Å². The normalized spacial score (nSPS) is 17.9. The third-order valence-electron chi connectivity index (χ3n) is 7.29. The number of benzene rings is 1. The van der Waals surface area contributed by atoms with Crippen molar-refractivity contribution in [3.05, 3.63) is 23.9 Å². The largest absolute Gasteiger partial charge is 0.493 e. The Morgan fingerprint density at radius 1 is 1.05 bits per heavy atom. The second kappa shape index (κ2) is 11.3. The molecule has 38 heavy (non-hydrogen) atoms. The molecule has 0 saturated carbocycles. The lowest BCUT2D eigenvalue weighted by Gasteiger charge is -2.32. The van der Waals surface area contributed by atoms with Gasteiger partial charge in [-0.1, -0.05) is 13.8 Å². The van der Waals surface area contributed by atoms with Crippen LogP contribution in [-0.4, -0.2) is 77.4 Å². The van der Waals surface area contributed by atoms with E-state index in [1.54, 1.807) is 7.11 Å². The van der Waals surface area contributed by atoms with E-state index in [1.807, 2.05) is 23.1 Å². The Morgan fingerprint density at radius 3 is 2.50 bits per heavy atom. The number of aromatic nitrogens is 4. The highest BCUT2D eigenvalue weighted by Crippen LogP contribution is 2.37. The smallest absolute Gasteiger partial charge is 0.251 e. The minimum Gasteiger partial charge on any atom is -0.493 e. The number of ether oxygens (including phenoxy) is 2. The highest BCUT2D eigenvalue weighted by molar-refractivity contribution is 5.94. The molecular weight excluding hydrogens is 492 g/mol. The van der Waals surface area contributed by atoms with Gasteiger partial charge in [0.05, 0.1) is 19.2 Å². The summed E-state index contributed by atoms with van der Waals surface area (Å²) in [7, 11) is 1.61. The first-order chi connectivity index (χ1) is 18.3. The van der Waals surface area contributed by atoms with E-state index in [0.29, 0.717) is 41.2 Å². The van der Waals surface area contributed by atoms with Crippen LogP contribution >= 0.6 is 0 Å². The molecule has 2 N–H and O–H groups in total. The monoisotopic (exact) mass is 529 g/mol. The number of alkyl halides is 2. The van der Waals surface area contributed by atoms with Crippen molar-refractivity contribution in [3.8, 4) is 11.5 Å². The van der Waals surface area contributed by atoms with E-state index in [4.69, 9.17) is 19.4 Å². The molecule has 0 unspecified atom stereocenters. The van der Waals surface area contributed by atoms with Crippen molar-refractivity contribution in [3.63, 3.8) is 0 Å². The quantitative estimate of drug-likeness (QED) is 0.341. The van der Waals surface area contributed by atoms with Gasteiger partial charge >= 0.3 is 0 Å². The number of H-pyrrole nitrogens is 1. The Labute approximate surface area is 221 Å². The first-order valence-corrected chi connectivity index (χ1v) is 13.5. The van der Waals surface area contributed by atoms with Crippen LogP contribution in [0.2, 0.25) is 0 Å². The fraction of sp³-hybridized carbons (Fsp3) is 0.593. The lowest BCUT2D eigenvalue weighted by molar-refractivity contribution is -0.0222. The van der Waals surface area contributed by atoms with E-state index in [0.717, 1.165) is 37.1 Å². The Morgan fingerprint density at radius 2 is 1.82 bits per heavy atom. The van der Waals surface area contributed by atoms with Gasteiger partial charge in [-0.3, -0.25) is 5.10 Å². The van der Waals surface area contributed by atoms with E-state index < -0.39 is 5.92 Å². The molecule has 0 spiro atoms. The van der Waals surface area contributed by atoms with Gasteiger partial charge < -0.3 is 24.6 Å². The third kappa shape index (κ3) is 6.09. The predicted molar refractivity (Wildman–Crippen MR) is 144 cm³/mol. The summed E-state index contributed by atoms with van der Waals surface area (Å²) in [4.78, 5) is 13.8. The van der Waals surface area contributed by atoms with Gasteiger partial charge in [-0.25, -0.2) is 13.8 Å². The zero-order chi connectivity index (χ0) is 26.7. The number of fused-ring (bicyclic) bond motifs is 1. The zero-order valence-electron chi connectivity index (χ0n) is 22.4. The van der Waals surface area contributed by atoms with Crippen LogP contribution < -0.4 is 19.7 Å². The first-order valence-electron chi connectivity index (χ1n) is 13.5. The molecule has 2 aliphatic rings. The SMILES string of the molecule is COc1cc2c(Nc3cc(C(C)C)[nH]n3)nc(N3CCC(F)(F)CC3)nc2cc1OCCCN1CCCC1. The summed E-state index contributed by atoms with van der Waals surface area (Å²) >= 11 is 0. The second-order valence-electron chi connectivity index (χ2n) is 10.5. The molecule has 5 rings (SSSR count). The van der Waals surface area contributed by atoms with E-state index in [9.17, 15) is 8.78 Å². The molecule has 2 fully saturated rings. The van der Waals surface area contributed by atoms with Gasteiger partial charge in [0.15, 0.2) is 17.3 Å². The molecule has 2 aliphatic heterocycles. The van der Waals surface area contributed by atoms with E-state index in [-0.39, 0.29) is 31.8 Å². The molecule has 4 heterocycles. The summed E-state index contributed by atoms with van der Waals surface area (Å²) in [6.07, 6.45) is 3.01.